The topological polar surface area (TPSA) is 72.8 Å². The Hall–Kier alpha value is -3.08. The number of carbonyl (C=O) groups excluding carboxylic acids is 3. The Morgan fingerprint density at radius 1 is 0.920 bits per heavy atom. The molecular weight excluding hydrogens is 318 g/mol. The molecule has 5 heteroatoms. The number of hydrogen-bond donors (Lipinski definition) is 0. The van der Waals surface area contributed by atoms with E-state index in [1.54, 1.807) is 67.6 Å². The summed E-state index contributed by atoms with van der Waals surface area (Å²) in [4.78, 5) is 40.8. The van der Waals surface area contributed by atoms with Crippen molar-refractivity contribution in [3.63, 3.8) is 0 Å². The Balaban J connectivity index is 2.25. The zero-order valence-corrected chi connectivity index (χ0v) is 13.9. The van der Waals surface area contributed by atoms with Gasteiger partial charge in [-0.05, 0) is 6.92 Å². The van der Waals surface area contributed by atoms with Crippen LogP contribution in [0.2, 0.25) is 0 Å². The van der Waals surface area contributed by atoms with E-state index in [4.69, 9.17) is 4.74 Å². The minimum absolute atomic E-state index is 0.228. The molecule has 5 nitrogen and oxygen atoms in total. The van der Waals surface area contributed by atoms with E-state index in [2.05, 4.69) is 4.99 Å². The lowest BCUT2D eigenvalue weighted by Crippen LogP contribution is -2.26. The predicted octanol–water partition coefficient (Wildman–Crippen LogP) is 3.00. The summed E-state index contributed by atoms with van der Waals surface area (Å²) < 4.78 is 4.79. The molecule has 25 heavy (non-hydrogen) atoms. The van der Waals surface area contributed by atoms with Crippen molar-refractivity contribution in [3.8, 4) is 0 Å². The van der Waals surface area contributed by atoms with Crippen LogP contribution in [0.4, 0.5) is 0 Å². The fraction of sp³-hybridized carbons (Fsp3) is 0.200. The average Bonchev–Trinajstić information content (AvgIpc) is 2.66. The molecule has 0 saturated carbocycles. The van der Waals surface area contributed by atoms with E-state index in [1.165, 1.54) is 6.21 Å². The molecule has 2 aromatic rings. The maximum absolute atomic E-state index is 12.7. The van der Waals surface area contributed by atoms with Crippen LogP contribution in [-0.2, 0) is 9.53 Å². The first kappa shape index (κ1) is 18.3. The summed E-state index contributed by atoms with van der Waals surface area (Å²) in [6, 6.07) is 17.1. The highest BCUT2D eigenvalue weighted by Crippen LogP contribution is 2.14. The van der Waals surface area contributed by atoms with E-state index < -0.39 is 11.9 Å². The number of nitrogens with zero attached hydrogens (tertiary/aromatic N) is 1. The summed E-state index contributed by atoms with van der Waals surface area (Å²) in [5.74, 6) is -2.31. The molecule has 0 unspecified atom stereocenters. The summed E-state index contributed by atoms with van der Waals surface area (Å²) in [6.45, 7) is 1.72. The van der Waals surface area contributed by atoms with E-state index in [1.807, 2.05) is 0 Å². The van der Waals surface area contributed by atoms with Crippen molar-refractivity contribution in [1.82, 2.24) is 0 Å². The van der Waals surface area contributed by atoms with Gasteiger partial charge in [-0.1, -0.05) is 60.7 Å². The highest BCUT2D eigenvalue weighted by atomic mass is 16.5. The Bertz CT molecular complexity index is 702. The van der Waals surface area contributed by atoms with E-state index in [0.29, 0.717) is 11.1 Å². The molecule has 2 aromatic carbocycles. The third-order valence-corrected chi connectivity index (χ3v) is 3.46. The van der Waals surface area contributed by atoms with E-state index in [0.717, 1.165) is 0 Å². The summed E-state index contributed by atoms with van der Waals surface area (Å²) in [6.07, 6.45) is 1.24. The minimum Gasteiger partial charge on any atom is -0.465 e. The van der Waals surface area contributed by atoms with Gasteiger partial charge in [0.25, 0.3) is 0 Å². The molecule has 0 aliphatic carbocycles. The Labute approximate surface area is 146 Å². The molecule has 0 aliphatic rings. The van der Waals surface area contributed by atoms with E-state index in [9.17, 15) is 14.4 Å². The van der Waals surface area contributed by atoms with Crippen LogP contribution in [0.15, 0.2) is 65.7 Å². The van der Waals surface area contributed by atoms with E-state index in [-0.39, 0.29) is 24.7 Å². The minimum atomic E-state index is -1.08. The molecule has 0 aliphatic heterocycles. The SMILES string of the molecule is CCOC(=O)CN=CC(C(=O)c1ccccc1)C(=O)c1ccccc1. The highest BCUT2D eigenvalue weighted by molar-refractivity contribution is 6.24. The van der Waals surface area contributed by atoms with Crippen molar-refractivity contribution in [3.05, 3.63) is 71.8 Å². The lowest BCUT2D eigenvalue weighted by atomic mass is 9.91. The lowest BCUT2D eigenvalue weighted by Gasteiger charge is -2.10. The molecule has 128 valence electrons. The molecule has 0 N–H and O–H groups in total. The number of benzene rings is 2. The van der Waals surface area contributed by atoms with Crippen LogP contribution in [0.5, 0.6) is 0 Å². The van der Waals surface area contributed by atoms with Crippen molar-refractivity contribution in [2.45, 2.75) is 6.92 Å². The zero-order chi connectivity index (χ0) is 18.1. The van der Waals surface area contributed by atoms with Gasteiger partial charge in [-0.2, -0.15) is 0 Å². The lowest BCUT2D eigenvalue weighted by molar-refractivity contribution is -0.141. The van der Waals surface area contributed by atoms with Gasteiger partial charge in [0, 0.05) is 17.3 Å². The Morgan fingerprint density at radius 2 is 1.40 bits per heavy atom. The van der Waals surface area contributed by atoms with Crippen LogP contribution >= 0.6 is 0 Å². The van der Waals surface area contributed by atoms with Crippen molar-refractivity contribution < 1.29 is 19.1 Å². The fourth-order valence-corrected chi connectivity index (χ4v) is 2.26. The second kappa shape index (κ2) is 9.27. The number of rotatable bonds is 8. The first-order chi connectivity index (χ1) is 12.1. The molecular formula is C20H19NO4. The predicted molar refractivity (Wildman–Crippen MR) is 95.0 cm³/mol. The molecule has 0 fully saturated rings. The number of carbonyl (C=O) groups is 3. The number of aliphatic imine (C=N–C) groups is 1. The van der Waals surface area contributed by atoms with Gasteiger partial charge in [-0.15, -0.1) is 0 Å². The van der Waals surface area contributed by atoms with Crippen LogP contribution in [0, 0.1) is 5.92 Å². The maximum Gasteiger partial charge on any atom is 0.327 e. The van der Waals surface area contributed by atoms with Crippen LogP contribution in [0.1, 0.15) is 27.6 Å². The monoisotopic (exact) mass is 337 g/mol. The van der Waals surface area contributed by atoms with Gasteiger partial charge in [0.05, 0.1) is 6.61 Å². The van der Waals surface area contributed by atoms with Gasteiger partial charge >= 0.3 is 5.97 Å². The van der Waals surface area contributed by atoms with Gasteiger partial charge in [0.2, 0.25) is 0 Å². The molecule has 0 heterocycles. The Morgan fingerprint density at radius 3 is 1.84 bits per heavy atom. The second-order valence-electron chi connectivity index (χ2n) is 5.23. The summed E-state index contributed by atoms with van der Waals surface area (Å²) in [5, 5.41) is 0. The Kier molecular flexibility index (Phi) is 6.77. The number of ether oxygens (including phenoxy) is 1. The summed E-state index contributed by atoms with van der Waals surface area (Å²) in [5.41, 5.74) is 0.832. The van der Waals surface area contributed by atoms with Gasteiger partial charge < -0.3 is 4.74 Å². The van der Waals surface area contributed by atoms with Gasteiger partial charge in [0.15, 0.2) is 11.6 Å². The first-order valence-electron chi connectivity index (χ1n) is 7.97. The van der Waals surface area contributed by atoms with Crippen LogP contribution in [-0.4, -0.2) is 36.9 Å². The fourth-order valence-electron chi connectivity index (χ4n) is 2.26. The molecule has 0 bridgehead atoms. The third kappa shape index (κ3) is 5.21. The van der Waals surface area contributed by atoms with Crippen LogP contribution in [0.25, 0.3) is 0 Å². The van der Waals surface area contributed by atoms with Crippen molar-refractivity contribution in [1.29, 1.82) is 0 Å². The molecule has 0 radical (unpaired) electrons. The van der Waals surface area contributed by atoms with Gasteiger partial charge in [-0.3, -0.25) is 19.4 Å². The number of ketones is 2. The third-order valence-electron chi connectivity index (χ3n) is 3.46. The average molecular weight is 337 g/mol. The molecule has 0 amide bonds. The summed E-state index contributed by atoms with van der Waals surface area (Å²) in [7, 11) is 0. The van der Waals surface area contributed by atoms with Crippen LogP contribution < -0.4 is 0 Å². The van der Waals surface area contributed by atoms with Gasteiger partial charge in [-0.25, -0.2) is 0 Å². The molecule has 0 saturated heterocycles. The highest BCUT2D eigenvalue weighted by Gasteiger charge is 2.26. The molecule has 0 aromatic heterocycles. The number of esters is 1. The van der Waals surface area contributed by atoms with Crippen LogP contribution in [0.3, 0.4) is 0 Å². The van der Waals surface area contributed by atoms with Crippen molar-refractivity contribution in [2.75, 3.05) is 13.2 Å². The smallest absolute Gasteiger partial charge is 0.327 e. The first-order valence-corrected chi connectivity index (χ1v) is 7.97. The standard InChI is InChI=1S/C20H19NO4/c1-2-25-18(22)14-21-13-17(19(23)15-9-5-3-6-10-15)20(24)16-11-7-4-8-12-16/h3-13,17H,2,14H2,1H3. The van der Waals surface area contributed by atoms with Crippen molar-refractivity contribution in [2.24, 2.45) is 10.9 Å². The quantitative estimate of drug-likeness (QED) is 0.321. The maximum atomic E-state index is 12.7. The molecule has 0 atom stereocenters. The molecule has 0 spiro atoms. The van der Waals surface area contributed by atoms with E-state index >= 15 is 0 Å². The largest absolute Gasteiger partial charge is 0.465 e. The van der Waals surface area contributed by atoms with Crippen molar-refractivity contribution >= 4 is 23.8 Å². The number of hydrogen-bond acceptors (Lipinski definition) is 5. The zero-order valence-electron chi connectivity index (χ0n) is 13.9. The molecule has 2 rings (SSSR count). The normalized spacial score (nSPS) is 10.8. The number of Topliss-reactive ketones (excluding diaryl/α,β-unsaturated/α-hetero) is 2. The summed E-state index contributed by atoms with van der Waals surface area (Å²) >= 11 is 0. The van der Waals surface area contributed by atoms with Gasteiger partial charge in [0.1, 0.15) is 12.5 Å². The second-order valence-corrected chi connectivity index (χ2v) is 5.23.